The van der Waals surface area contributed by atoms with Crippen LogP contribution in [0.4, 0.5) is 5.82 Å². The van der Waals surface area contributed by atoms with E-state index in [1.54, 1.807) is 18.0 Å². The van der Waals surface area contributed by atoms with Crippen molar-refractivity contribution in [2.24, 2.45) is 0 Å². The van der Waals surface area contributed by atoms with E-state index in [-0.39, 0.29) is 0 Å². The molecule has 0 fully saturated rings. The van der Waals surface area contributed by atoms with Crippen LogP contribution in [0.3, 0.4) is 0 Å². The minimum Gasteiger partial charge on any atom is -0.497 e. The first-order valence-corrected chi connectivity index (χ1v) is 6.04. The molecule has 1 heterocycles. The molecule has 2 aromatic rings. The van der Waals surface area contributed by atoms with Gasteiger partial charge in [0.15, 0.2) is 0 Å². The zero-order valence-electron chi connectivity index (χ0n) is 9.85. The fraction of sp³-hybridized carbons (Fsp3) is 0.154. The molecule has 4 nitrogen and oxygen atoms in total. The van der Waals surface area contributed by atoms with Crippen molar-refractivity contribution in [1.29, 1.82) is 0 Å². The van der Waals surface area contributed by atoms with Gasteiger partial charge in [0.1, 0.15) is 17.3 Å². The molecule has 0 unspecified atom stereocenters. The van der Waals surface area contributed by atoms with Crippen LogP contribution in [0.25, 0.3) is 11.3 Å². The summed E-state index contributed by atoms with van der Waals surface area (Å²) in [7, 11) is 1.62. The Morgan fingerprint density at radius 2 is 2.33 bits per heavy atom. The van der Waals surface area contributed by atoms with Crippen molar-refractivity contribution in [2.45, 2.75) is 6.54 Å². The number of anilines is 1. The highest BCUT2D eigenvalue weighted by Gasteiger charge is 2.13. The third-order valence-electron chi connectivity index (χ3n) is 2.57. The van der Waals surface area contributed by atoms with Crippen LogP contribution in [0.15, 0.2) is 29.0 Å². The Bertz CT molecular complexity index is 613. The molecule has 92 valence electrons. The summed E-state index contributed by atoms with van der Waals surface area (Å²) < 4.78 is 7.82. The Kier molecular flexibility index (Phi) is 3.58. The number of nitrogen functional groups attached to an aromatic ring is 1. The smallest absolute Gasteiger partial charge is 0.132 e. The van der Waals surface area contributed by atoms with Gasteiger partial charge in [-0.05, 0) is 18.2 Å². The topological polar surface area (TPSA) is 53.1 Å². The molecule has 0 atom stereocenters. The summed E-state index contributed by atoms with van der Waals surface area (Å²) in [4.78, 5) is 4.30. The monoisotopic (exact) mass is 305 g/mol. The maximum Gasteiger partial charge on any atom is 0.132 e. The van der Waals surface area contributed by atoms with Gasteiger partial charge in [-0.3, -0.25) is 0 Å². The zero-order valence-corrected chi connectivity index (χ0v) is 11.4. The molecule has 0 spiro atoms. The van der Waals surface area contributed by atoms with E-state index in [0.29, 0.717) is 18.1 Å². The molecule has 0 amide bonds. The van der Waals surface area contributed by atoms with Crippen LogP contribution in [0, 0.1) is 12.3 Å². The fourth-order valence-electron chi connectivity index (χ4n) is 1.64. The number of rotatable bonds is 3. The highest BCUT2D eigenvalue weighted by atomic mass is 79.9. The van der Waals surface area contributed by atoms with Gasteiger partial charge in [0, 0.05) is 10.0 Å². The van der Waals surface area contributed by atoms with Crippen molar-refractivity contribution in [1.82, 2.24) is 9.55 Å². The molecule has 1 aromatic carbocycles. The number of aromatic nitrogens is 2. The lowest BCUT2D eigenvalue weighted by atomic mass is 10.1. The Morgan fingerprint density at radius 1 is 1.56 bits per heavy atom. The van der Waals surface area contributed by atoms with Crippen molar-refractivity contribution >= 4 is 21.7 Å². The molecule has 2 rings (SSSR count). The van der Waals surface area contributed by atoms with Crippen molar-refractivity contribution in [3.8, 4) is 29.4 Å². The fourth-order valence-corrected chi connectivity index (χ4v) is 2.07. The van der Waals surface area contributed by atoms with Crippen LogP contribution in [-0.2, 0) is 6.54 Å². The number of benzene rings is 1. The maximum atomic E-state index is 6.03. The number of nitrogens with two attached hydrogens (primary N) is 1. The highest BCUT2D eigenvalue weighted by molar-refractivity contribution is 9.10. The van der Waals surface area contributed by atoms with Gasteiger partial charge in [0.25, 0.3) is 0 Å². The average Bonchev–Trinajstić information content (AvgIpc) is 2.73. The van der Waals surface area contributed by atoms with Crippen molar-refractivity contribution in [3.63, 3.8) is 0 Å². The number of ether oxygens (including phenoxy) is 1. The zero-order chi connectivity index (χ0) is 13.1. The van der Waals surface area contributed by atoms with Gasteiger partial charge >= 0.3 is 0 Å². The van der Waals surface area contributed by atoms with E-state index in [0.717, 1.165) is 15.8 Å². The number of hydrogen-bond donors (Lipinski definition) is 1. The molecule has 2 N–H and O–H groups in total. The number of imidazole rings is 1. The van der Waals surface area contributed by atoms with E-state index < -0.39 is 0 Å². The van der Waals surface area contributed by atoms with Gasteiger partial charge in [-0.1, -0.05) is 21.9 Å². The first kappa shape index (κ1) is 12.5. The molecular weight excluding hydrogens is 294 g/mol. The second-order valence-electron chi connectivity index (χ2n) is 3.66. The summed E-state index contributed by atoms with van der Waals surface area (Å²) in [5.41, 5.74) is 7.59. The van der Waals surface area contributed by atoms with Crippen LogP contribution in [0.5, 0.6) is 5.75 Å². The van der Waals surface area contributed by atoms with Crippen molar-refractivity contribution < 1.29 is 4.74 Å². The molecule has 0 bridgehead atoms. The summed E-state index contributed by atoms with van der Waals surface area (Å²) >= 11 is 3.48. The molecular formula is C13H12BrN3O. The molecule has 18 heavy (non-hydrogen) atoms. The van der Waals surface area contributed by atoms with Gasteiger partial charge in [-0.2, -0.15) is 0 Å². The summed E-state index contributed by atoms with van der Waals surface area (Å²) in [5.74, 6) is 3.83. The second kappa shape index (κ2) is 5.15. The summed E-state index contributed by atoms with van der Waals surface area (Å²) in [5, 5.41) is 0. The first-order valence-electron chi connectivity index (χ1n) is 5.25. The van der Waals surface area contributed by atoms with E-state index >= 15 is 0 Å². The maximum absolute atomic E-state index is 6.03. The van der Waals surface area contributed by atoms with Gasteiger partial charge < -0.3 is 15.0 Å². The van der Waals surface area contributed by atoms with Gasteiger partial charge in [0.05, 0.1) is 20.0 Å². The quantitative estimate of drug-likeness (QED) is 0.887. The standard InChI is InChI=1S/C13H12BrN3O/c1-3-6-17-8-16-12(13(17)15)10-7-9(18-2)4-5-11(10)14/h1,4-5,7-8H,6,15H2,2H3. The molecule has 0 saturated heterocycles. The van der Waals surface area contributed by atoms with Crippen LogP contribution in [0.2, 0.25) is 0 Å². The molecule has 0 aliphatic carbocycles. The van der Waals surface area contributed by atoms with E-state index in [1.165, 1.54) is 0 Å². The normalized spacial score (nSPS) is 10.1. The van der Waals surface area contributed by atoms with Crippen LogP contribution < -0.4 is 10.5 Å². The Balaban J connectivity index is 2.52. The van der Waals surface area contributed by atoms with E-state index in [2.05, 4.69) is 26.8 Å². The molecule has 0 aliphatic rings. The number of methoxy groups -OCH3 is 1. The Morgan fingerprint density at radius 3 is 3.00 bits per heavy atom. The highest BCUT2D eigenvalue weighted by Crippen LogP contribution is 2.33. The minimum absolute atomic E-state index is 0.403. The Labute approximate surface area is 114 Å². The lowest BCUT2D eigenvalue weighted by Crippen LogP contribution is -2.00. The summed E-state index contributed by atoms with van der Waals surface area (Å²) in [6, 6.07) is 5.64. The average molecular weight is 306 g/mol. The SMILES string of the molecule is C#CCn1cnc(-c2cc(OC)ccc2Br)c1N. The van der Waals surface area contributed by atoms with E-state index in [1.807, 2.05) is 18.2 Å². The van der Waals surface area contributed by atoms with Crippen LogP contribution >= 0.6 is 15.9 Å². The Hall–Kier alpha value is -1.93. The van der Waals surface area contributed by atoms with Gasteiger partial charge in [-0.25, -0.2) is 4.98 Å². The lowest BCUT2D eigenvalue weighted by molar-refractivity contribution is 0.415. The summed E-state index contributed by atoms with van der Waals surface area (Å²) in [6.07, 6.45) is 6.90. The third-order valence-corrected chi connectivity index (χ3v) is 3.26. The van der Waals surface area contributed by atoms with Crippen molar-refractivity contribution in [3.05, 3.63) is 29.0 Å². The lowest BCUT2D eigenvalue weighted by Gasteiger charge is -2.06. The van der Waals surface area contributed by atoms with Crippen LogP contribution in [0.1, 0.15) is 0 Å². The molecule has 0 radical (unpaired) electrons. The largest absolute Gasteiger partial charge is 0.497 e. The number of nitrogens with zero attached hydrogens (tertiary/aromatic N) is 2. The minimum atomic E-state index is 0.403. The molecule has 5 heteroatoms. The third kappa shape index (κ3) is 2.20. The van der Waals surface area contributed by atoms with E-state index in [9.17, 15) is 0 Å². The van der Waals surface area contributed by atoms with Crippen molar-refractivity contribution in [2.75, 3.05) is 12.8 Å². The number of terminal acetylenes is 1. The van der Waals surface area contributed by atoms with Gasteiger partial charge in [0.2, 0.25) is 0 Å². The first-order chi connectivity index (χ1) is 8.67. The number of hydrogen-bond acceptors (Lipinski definition) is 3. The molecule has 0 aliphatic heterocycles. The van der Waals surface area contributed by atoms with Crippen LogP contribution in [-0.4, -0.2) is 16.7 Å². The second-order valence-corrected chi connectivity index (χ2v) is 4.51. The van der Waals surface area contributed by atoms with E-state index in [4.69, 9.17) is 16.9 Å². The number of halogens is 1. The predicted molar refractivity (Wildman–Crippen MR) is 75.2 cm³/mol. The summed E-state index contributed by atoms with van der Waals surface area (Å²) in [6.45, 7) is 0.403. The molecule has 0 saturated carbocycles. The molecule has 1 aromatic heterocycles. The van der Waals surface area contributed by atoms with Gasteiger partial charge in [-0.15, -0.1) is 6.42 Å². The predicted octanol–water partition coefficient (Wildman–Crippen LogP) is 2.54.